The van der Waals surface area contributed by atoms with E-state index in [0.29, 0.717) is 5.02 Å². The van der Waals surface area contributed by atoms with Crippen molar-refractivity contribution in [2.24, 2.45) is 0 Å². The molecule has 22 heavy (non-hydrogen) atoms. The Bertz CT molecular complexity index is 616. The number of aryl methyl sites for hydroxylation is 1. The number of benzene rings is 2. The first-order valence-corrected chi connectivity index (χ1v) is 8.17. The van der Waals surface area contributed by atoms with Crippen molar-refractivity contribution in [3.8, 4) is 5.75 Å². The van der Waals surface area contributed by atoms with Crippen molar-refractivity contribution in [1.29, 1.82) is 0 Å². The lowest BCUT2D eigenvalue weighted by Gasteiger charge is -2.15. The van der Waals surface area contributed by atoms with Gasteiger partial charge < -0.3 is 10.1 Å². The molecule has 1 atom stereocenters. The summed E-state index contributed by atoms with van der Waals surface area (Å²) in [7, 11) is 1.69. The molecule has 2 rings (SSSR count). The van der Waals surface area contributed by atoms with E-state index in [-0.39, 0.29) is 6.04 Å². The van der Waals surface area contributed by atoms with Crippen LogP contribution < -0.4 is 10.1 Å². The molecule has 0 spiro atoms. The fourth-order valence-corrected chi connectivity index (χ4v) is 2.85. The molecule has 0 fully saturated rings. The van der Waals surface area contributed by atoms with Gasteiger partial charge in [-0.3, -0.25) is 0 Å². The van der Waals surface area contributed by atoms with E-state index in [0.717, 1.165) is 35.7 Å². The lowest BCUT2D eigenvalue weighted by atomic mass is 10.1. The molecule has 0 bridgehead atoms. The maximum Gasteiger partial charge on any atom is 0.119 e. The molecule has 4 heteroatoms. The Balaban J connectivity index is 1.80. The summed E-state index contributed by atoms with van der Waals surface area (Å²) in [5.41, 5.74) is 2.37. The van der Waals surface area contributed by atoms with Crippen LogP contribution in [0.3, 0.4) is 0 Å². The molecule has 0 aliphatic rings. The van der Waals surface area contributed by atoms with Crippen molar-refractivity contribution >= 4 is 23.2 Å². The van der Waals surface area contributed by atoms with E-state index in [1.54, 1.807) is 13.2 Å². The van der Waals surface area contributed by atoms with Gasteiger partial charge >= 0.3 is 0 Å². The first-order valence-electron chi connectivity index (χ1n) is 7.41. The molecule has 2 aromatic rings. The number of ether oxygens (including phenoxy) is 1. The third kappa shape index (κ3) is 4.91. The Morgan fingerprint density at radius 1 is 1.14 bits per heavy atom. The highest BCUT2D eigenvalue weighted by Gasteiger charge is 2.06. The fourth-order valence-electron chi connectivity index (χ4n) is 2.35. The van der Waals surface area contributed by atoms with Crippen LogP contribution in [0.5, 0.6) is 5.75 Å². The van der Waals surface area contributed by atoms with Crippen LogP contribution in [0.15, 0.2) is 42.5 Å². The zero-order chi connectivity index (χ0) is 15.9. The molecule has 0 aliphatic heterocycles. The SMILES string of the molecule is COc1cccc([C@@H](C)NCCCc2ccc(Cl)cc2Cl)c1. The zero-order valence-corrected chi connectivity index (χ0v) is 14.4. The predicted octanol–water partition coefficient (Wildman–Crippen LogP) is 5.29. The summed E-state index contributed by atoms with van der Waals surface area (Å²) >= 11 is 12.1. The molecule has 0 unspecified atom stereocenters. The number of methoxy groups -OCH3 is 1. The zero-order valence-electron chi connectivity index (χ0n) is 12.9. The first-order chi connectivity index (χ1) is 10.6. The van der Waals surface area contributed by atoms with Crippen LogP contribution in [-0.2, 0) is 6.42 Å². The van der Waals surface area contributed by atoms with Gasteiger partial charge in [-0.15, -0.1) is 0 Å². The van der Waals surface area contributed by atoms with Crippen molar-refractivity contribution in [1.82, 2.24) is 5.32 Å². The topological polar surface area (TPSA) is 21.3 Å². The minimum Gasteiger partial charge on any atom is -0.497 e. The third-order valence-corrected chi connectivity index (χ3v) is 4.27. The molecule has 118 valence electrons. The fraction of sp³-hybridized carbons (Fsp3) is 0.333. The van der Waals surface area contributed by atoms with Crippen LogP contribution >= 0.6 is 23.2 Å². The number of rotatable bonds is 7. The van der Waals surface area contributed by atoms with E-state index >= 15 is 0 Å². The Morgan fingerprint density at radius 2 is 1.95 bits per heavy atom. The largest absolute Gasteiger partial charge is 0.497 e. The van der Waals surface area contributed by atoms with Crippen LogP contribution in [-0.4, -0.2) is 13.7 Å². The van der Waals surface area contributed by atoms with Crippen LogP contribution in [0, 0.1) is 0 Å². The first kappa shape index (κ1) is 17.1. The molecule has 0 aromatic heterocycles. The van der Waals surface area contributed by atoms with Crippen molar-refractivity contribution in [3.63, 3.8) is 0 Å². The predicted molar refractivity (Wildman–Crippen MR) is 94.2 cm³/mol. The summed E-state index contributed by atoms with van der Waals surface area (Å²) in [5, 5.41) is 4.95. The van der Waals surface area contributed by atoms with Crippen molar-refractivity contribution < 1.29 is 4.74 Å². The molecule has 0 heterocycles. The summed E-state index contributed by atoms with van der Waals surface area (Å²) in [5.74, 6) is 0.888. The third-order valence-electron chi connectivity index (χ3n) is 3.68. The highest BCUT2D eigenvalue weighted by molar-refractivity contribution is 6.35. The van der Waals surface area contributed by atoms with Crippen molar-refractivity contribution in [2.45, 2.75) is 25.8 Å². The quantitative estimate of drug-likeness (QED) is 0.693. The van der Waals surface area contributed by atoms with Crippen LogP contribution in [0.1, 0.15) is 30.5 Å². The summed E-state index contributed by atoms with van der Waals surface area (Å²) in [6.45, 7) is 3.08. The molecule has 0 radical (unpaired) electrons. The van der Waals surface area contributed by atoms with E-state index in [2.05, 4.69) is 24.4 Å². The average molecular weight is 338 g/mol. The van der Waals surface area contributed by atoms with Crippen LogP contribution in [0.2, 0.25) is 10.0 Å². The minimum absolute atomic E-state index is 0.288. The number of nitrogens with one attached hydrogen (secondary N) is 1. The standard InChI is InChI=1S/C18H21Cl2NO/c1-13(15-5-3-7-17(11-15)22-2)21-10-4-6-14-8-9-16(19)12-18(14)20/h3,5,7-9,11-13,21H,4,6,10H2,1-2H3/t13-/m1/s1. The van der Waals surface area contributed by atoms with Gasteiger partial charge in [-0.25, -0.2) is 0 Å². The van der Waals surface area contributed by atoms with Gasteiger partial charge in [-0.2, -0.15) is 0 Å². The highest BCUT2D eigenvalue weighted by atomic mass is 35.5. The monoisotopic (exact) mass is 337 g/mol. The summed E-state index contributed by atoms with van der Waals surface area (Å²) < 4.78 is 5.26. The van der Waals surface area contributed by atoms with Gasteiger partial charge in [-0.05, 0) is 61.7 Å². The summed E-state index contributed by atoms with van der Waals surface area (Å²) in [6, 6.07) is 14.1. The molecular formula is C18H21Cl2NO. The number of halogens is 2. The summed E-state index contributed by atoms with van der Waals surface area (Å²) in [6.07, 6.45) is 1.96. The van der Waals surface area contributed by atoms with Gasteiger partial charge in [0.15, 0.2) is 0 Å². The average Bonchev–Trinajstić information content (AvgIpc) is 2.53. The van der Waals surface area contributed by atoms with E-state index in [4.69, 9.17) is 27.9 Å². The molecule has 0 aliphatic carbocycles. The number of hydrogen-bond acceptors (Lipinski definition) is 2. The second-order valence-corrected chi connectivity index (χ2v) is 6.14. The number of hydrogen-bond donors (Lipinski definition) is 1. The van der Waals surface area contributed by atoms with E-state index < -0.39 is 0 Å². The van der Waals surface area contributed by atoms with Crippen molar-refractivity contribution in [3.05, 3.63) is 63.6 Å². The van der Waals surface area contributed by atoms with E-state index in [9.17, 15) is 0 Å². The molecule has 0 amide bonds. The molecule has 1 N–H and O–H groups in total. The van der Waals surface area contributed by atoms with Gasteiger partial charge in [0.25, 0.3) is 0 Å². The van der Waals surface area contributed by atoms with E-state index in [1.165, 1.54) is 5.56 Å². The second-order valence-electron chi connectivity index (χ2n) is 5.29. The molecule has 0 saturated carbocycles. The van der Waals surface area contributed by atoms with Gasteiger partial charge in [0.1, 0.15) is 5.75 Å². The lowest BCUT2D eigenvalue weighted by molar-refractivity contribution is 0.413. The van der Waals surface area contributed by atoms with Gasteiger partial charge in [0.2, 0.25) is 0 Å². The second kappa shape index (κ2) is 8.42. The molecule has 2 aromatic carbocycles. The normalized spacial score (nSPS) is 12.2. The lowest BCUT2D eigenvalue weighted by Crippen LogP contribution is -2.20. The minimum atomic E-state index is 0.288. The molecule has 2 nitrogen and oxygen atoms in total. The Hall–Kier alpha value is -1.22. The van der Waals surface area contributed by atoms with Gasteiger partial charge in [0, 0.05) is 16.1 Å². The Labute approximate surface area is 142 Å². The van der Waals surface area contributed by atoms with Crippen molar-refractivity contribution in [2.75, 3.05) is 13.7 Å². The Kier molecular flexibility index (Phi) is 6.56. The summed E-state index contributed by atoms with van der Waals surface area (Å²) in [4.78, 5) is 0. The smallest absolute Gasteiger partial charge is 0.119 e. The molecular weight excluding hydrogens is 317 g/mol. The van der Waals surface area contributed by atoms with Gasteiger partial charge in [-0.1, -0.05) is 41.4 Å². The van der Waals surface area contributed by atoms with Crippen LogP contribution in [0.4, 0.5) is 0 Å². The maximum atomic E-state index is 6.18. The Morgan fingerprint density at radius 3 is 2.68 bits per heavy atom. The van der Waals surface area contributed by atoms with E-state index in [1.807, 2.05) is 24.3 Å². The molecule has 0 saturated heterocycles. The maximum absolute atomic E-state index is 6.18. The van der Waals surface area contributed by atoms with Crippen LogP contribution in [0.25, 0.3) is 0 Å². The highest BCUT2D eigenvalue weighted by Crippen LogP contribution is 2.22. The van der Waals surface area contributed by atoms with Gasteiger partial charge in [0.05, 0.1) is 7.11 Å².